The van der Waals surface area contributed by atoms with Crippen LogP contribution in [0.3, 0.4) is 0 Å². The van der Waals surface area contributed by atoms with E-state index in [4.69, 9.17) is 9.52 Å². The average molecular weight is 366 g/mol. The molecule has 0 fully saturated rings. The van der Waals surface area contributed by atoms with Gasteiger partial charge in [-0.25, -0.2) is 9.78 Å². The van der Waals surface area contributed by atoms with Crippen molar-refractivity contribution in [3.05, 3.63) is 66.0 Å². The number of fused-ring (bicyclic) bond motifs is 1. The molecule has 3 aromatic heterocycles. The molecule has 4 heterocycles. The topological polar surface area (TPSA) is 100 Å². The number of nitrogens with one attached hydrogen (secondary N) is 1. The Bertz CT molecular complexity index is 1030. The lowest BCUT2D eigenvalue weighted by atomic mass is 10.1. The number of imidazole rings is 1. The second kappa shape index (κ2) is 6.99. The van der Waals surface area contributed by atoms with Crippen molar-refractivity contribution in [1.29, 1.82) is 0 Å². The van der Waals surface area contributed by atoms with Gasteiger partial charge in [-0.05, 0) is 41.8 Å². The zero-order valence-corrected chi connectivity index (χ0v) is 14.5. The second-order valence-electron chi connectivity index (χ2n) is 6.28. The fourth-order valence-electron chi connectivity index (χ4n) is 3.03. The van der Waals surface area contributed by atoms with Crippen LogP contribution in [0.5, 0.6) is 0 Å². The summed E-state index contributed by atoms with van der Waals surface area (Å²) in [4.78, 5) is 28.8. The molecule has 0 saturated heterocycles. The van der Waals surface area contributed by atoms with E-state index in [1.54, 1.807) is 18.3 Å². The first-order valence-corrected chi connectivity index (χ1v) is 8.57. The Morgan fingerprint density at radius 1 is 1.26 bits per heavy atom. The molecule has 0 bridgehead atoms. The Hall–Kier alpha value is -3.55. The summed E-state index contributed by atoms with van der Waals surface area (Å²) >= 11 is 0. The first kappa shape index (κ1) is 16.9. The van der Waals surface area contributed by atoms with Crippen LogP contribution in [0.15, 0.2) is 53.3 Å². The molecule has 27 heavy (non-hydrogen) atoms. The summed E-state index contributed by atoms with van der Waals surface area (Å²) in [7, 11) is 0. The van der Waals surface area contributed by atoms with E-state index >= 15 is 0 Å². The van der Waals surface area contributed by atoms with Crippen molar-refractivity contribution in [2.45, 2.75) is 13.0 Å². The van der Waals surface area contributed by atoms with Crippen molar-refractivity contribution in [3.8, 4) is 0 Å². The maximum Gasteiger partial charge on any atom is 0.407 e. The number of hydrogen-bond donors (Lipinski definition) is 2. The molecule has 0 aromatic carbocycles. The number of rotatable bonds is 4. The summed E-state index contributed by atoms with van der Waals surface area (Å²) in [6.07, 6.45) is 6.92. The van der Waals surface area contributed by atoms with Gasteiger partial charge >= 0.3 is 6.09 Å². The first-order valence-electron chi connectivity index (χ1n) is 8.57. The van der Waals surface area contributed by atoms with Crippen LogP contribution in [0.2, 0.25) is 0 Å². The lowest BCUT2D eigenvalue weighted by Crippen LogP contribution is -2.33. The zero-order chi connectivity index (χ0) is 18.8. The summed E-state index contributed by atoms with van der Waals surface area (Å²) in [5, 5.41) is 11.8. The molecule has 0 spiro atoms. The molecule has 2 amide bonds. The van der Waals surface area contributed by atoms with E-state index in [0.717, 1.165) is 16.8 Å². The van der Waals surface area contributed by atoms with Gasteiger partial charge < -0.3 is 24.1 Å². The Labute approximate surface area is 154 Å². The molecule has 1 aliphatic heterocycles. The van der Waals surface area contributed by atoms with Crippen LogP contribution in [0, 0.1) is 0 Å². The van der Waals surface area contributed by atoms with E-state index in [-0.39, 0.29) is 11.7 Å². The van der Waals surface area contributed by atoms with Gasteiger partial charge in [0.25, 0.3) is 5.91 Å². The molecule has 138 valence electrons. The highest BCUT2D eigenvalue weighted by Gasteiger charge is 2.19. The minimum absolute atomic E-state index is 0.230. The third-order valence-electron chi connectivity index (χ3n) is 4.54. The lowest BCUT2D eigenvalue weighted by molar-refractivity contribution is 0.0922. The number of hydrogen-bond acceptors (Lipinski definition) is 4. The molecular formula is C19H18N4O4. The number of carbonyl (C=O) groups excluding carboxylic acids is 1. The van der Waals surface area contributed by atoms with Crippen molar-refractivity contribution >= 4 is 23.2 Å². The molecule has 4 rings (SSSR count). The average Bonchev–Trinajstić information content (AvgIpc) is 3.35. The molecule has 1 aliphatic rings. The van der Waals surface area contributed by atoms with Crippen LogP contribution < -0.4 is 5.32 Å². The van der Waals surface area contributed by atoms with Gasteiger partial charge in [-0.15, -0.1) is 0 Å². The van der Waals surface area contributed by atoms with E-state index in [9.17, 15) is 9.59 Å². The monoisotopic (exact) mass is 366 g/mol. The van der Waals surface area contributed by atoms with E-state index in [2.05, 4.69) is 10.3 Å². The number of amides is 2. The maximum atomic E-state index is 12.3. The number of pyridine rings is 1. The smallest absolute Gasteiger partial charge is 0.407 e. The fourth-order valence-corrected chi connectivity index (χ4v) is 3.03. The van der Waals surface area contributed by atoms with Gasteiger partial charge in [0.2, 0.25) is 0 Å². The van der Waals surface area contributed by atoms with E-state index < -0.39 is 6.09 Å². The van der Waals surface area contributed by atoms with Gasteiger partial charge in [0, 0.05) is 38.2 Å². The number of carbonyl (C=O) groups is 2. The van der Waals surface area contributed by atoms with E-state index in [1.165, 1.54) is 4.90 Å². The van der Waals surface area contributed by atoms with Crippen LogP contribution in [0.25, 0.3) is 11.2 Å². The van der Waals surface area contributed by atoms with Gasteiger partial charge in [0.05, 0.1) is 0 Å². The molecule has 2 N–H and O–H groups in total. The van der Waals surface area contributed by atoms with E-state index in [1.807, 2.05) is 35.0 Å². The molecule has 0 aliphatic carbocycles. The highest BCUT2D eigenvalue weighted by Crippen LogP contribution is 2.24. The minimum Gasteiger partial charge on any atom is -0.465 e. The first-order chi connectivity index (χ1) is 13.1. The standard InChI is InChI=1S/C19H18N4O4/c24-18(21-12-13-3-7-22-10-6-20-17(22)11-13)16-2-1-15(27-16)14-4-8-23(9-5-14)19(25)26/h1-4,6-7,10-11H,5,8-9,12H2,(H,21,24)(H,25,26). The maximum absolute atomic E-state index is 12.3. The van der Waals surface area contributed by atoms with Crippen LogP contribution in [-0.2, 0) is 6.54 Å². The van der Waals surface area contributed by atoms with Gasteiger partial charge in [0.1, 0.15) is 11.4 Å². The number of furan rings is 1. The minimum atomic E-state index is -0.932. The lowest BCUT2D eigenvalue weighted by Gasteiger charge is -2.22. The number of aromatic nitrogens is 2. The Balaban J connectivity index is 1.39. The molecule has 0 atom stereocenters. The van der Waals surface area contributed by atoms with Crippen LogP contribution in [0.4, 0.5) is 4.79 Å². The quantitative estimate of drug-likeness (QED) is 0.739. The van der Waals surface area contributed by atoms with Gasteiger partial charge in [-0.1, -0.05) is 6.08 Å². The SMILES string of the molecule is O=C(NCc1ccn2ccnc2c1)c1ccc(C2=CCN(C(=O)O)CC2)o1. The third-order valence-corrected chi connectivity index (χ3v) is 4.54. The van der Waals surface area contributed by atoms with Crippen molar-refractivity contribution in [1.82, 2.24) is 19.6 Å². The highest BCUT2D eigenvalue weighted by atomic mass is 16.4. The Morgan fingerprint density at radius 2 is 2.15 bits per heavy atom. The second-order valence-corrected chi connectivity index (χ2v) is 6.28. The van der Waals surface area contributed by atoms with Gasteiger partial charge in [0.15, 0.2) is 5.76 Å². The summed E-state index contributed by atoms with van der Waals surface area (Å²) in [5.41, 5.74) is 2.68. The zero-order valence-electron chi connectivity index (χ0n) is 14.5. The summed E-state index contributed by atoms with van der Waals surface area (Å²) in [5.74, 6) is 0.533. The molecule has 3 aromatic rings. The van der Waals surface area contributed by atoms with Crippen LogP contribution >= 0.6 is 0 Å². The Morgan fingerprint density at radius 3 is 2.93 bits per heavy atom. The summed E-state index contributed by atoms with van der Waals surface area (Å²) in [6, 6.07) is 7.21. The van der Waals surface area contributed by atoms with E-state index in [0.29, 0.717) is 31.8 Å². The third kappa shape index (κ3) is 3.55. The van der Waals surface area contributed by atoms with Gasteiger partial charge in [-0.3, -0.25) is 4.79 Å². The molecule has 0 unspecified atom stereocenters. The van der Waals surface area contributed by atoms with Crippen molar-refractivity contribution in [2.24, 2.45) is 0 Å². The van der Waals surface area contributed by atoms with Crippen molar-refractivity contribution in [3.63, 3.8) is 0 Å². The predicted octanol–water partition coefficient (Wildman–Crippen LogP) is 2.62. The number of nitrogens with zero attached hydrogens (tertiary/aromatic N) is 3. The van der Waals surface area contributed by atoms with Crippen LogP contribution in [-0.4, -0.2) is 44.5 Å². The molecule has 8 nitrogen and oxygen atoms in total. The van der Waals surface area contributed by atoms with Crippen molar-refractivity contribution in [2.75, 3.05) is 13.1 Å². The molecule has 0 radical (unpaired) electrons. The largest absolute Gasteiger partial charge is 0.465 e. The highest BCUT2D eigenvalue weighted by molar-refractivity contribution is 5.91. The summed E-state index contributed by atoms with van der Waals surface area (Å²) in [6.45, 7) is 1.11. The molecule has 0 saturated carbocycles. The molecular weight excluding hydrogens is 348 g/mol. The fraction of sp³-hybridized carbons (Fsp3) is 0.211. The Kier molecular flexibility index (Phi) is 4.37. The van der Waals surface area contributed by atoms with Crippen LogP contribution in [0.1, 0.15) is 28.3 Å². The predicted molar refractivity (Wildman–Crippen MR) is 97.3 cm³/mol. The van der Waals surface area contributed by atoms with Crippen molar-refractivity contribution < 1.29 is 19.1 Å². The molecule has 8 heteroatoms. The number of carboxylic acid groups (broad SMARTS) is 1. The summed E-state index contributed by atoms with van der Waals surface area (Å²) < 4.78 is 7.56. The normalized spacial score (nSPS) is 14.2. The van der Waals surface area contributed by atoms with Gasteiger partial charge in [-0.2, -0.15) is 0 Å².